The molecule has 2 heterocycles. The van der Waals surface area contributed by atoms with E-state index in [0.29, 0.717) is 0 Å². The zero-order chi connectivity index (χ0) is 16.2. The minimum atomic E-state index is 0.0773. The third-order valence-electron chi connectivity index (χ3n) is 4.06. The van der Waals surface area contributed by atoms with Crippen LogP contribution in [0.4, 0.5) is 0 Å². The summed E-state index contributed by atoms with van der Waals surface area (Å²) in [5, 5.41) is 17.1. The van der Waals surface area contributed by atoms with E-state index in [9.17, 15) is 0 Å². The molecule has 2 N–H and O–H groups in total. The Morgan fingerprint density at radius 2 is 2.14 bits per heavy atom. The van der Waals surface area contributed by atoms with Crippen molar-refractivity contribution in [3.8, 4) is 5.82 Å². The van der Waals surface area contributed by atoms with Gasteiger partial charge in [-0.3, -0.25) is 0 Å². The highest BCUT2D eigenvalue weighted by molar-refractivity contribution is 5.29. The molecule has 2 aromatic heterocycles. The summed E-state index contributed by atoms with van der Waals surface area (Å²) >= 11 is 0. The van der Waals surface area contributed by atoms with Gasteiger partial charge in [0.25, 0.3) is 0 Å². The van der Waals surface area contributed by atoms with Crippen molar-refractivity contribution >= 4 is 0 Å². The monoisotopic (exact) mass is 302 g/mol. The maximum Gasteiger partial charge on any atom is 0.153 e. The lowest BCUT2D eigenvalue weighted by Crippen LogP contribution is -2.32. The molecule has 0 aliphatic heterocycles. The Morgan fingerprint density at radius 3 is 2.77 bits per heavy atom. The van der Waals surface area contributed by atoms with Crippen LogP contribution in [0.2, 0.25) is 0 Å². The van der Waals surface area contributed by atoms with E-state index in [1.165, 1.54) is 5.56 Å². The fourth-order valence-electron chi connectivity index (χ4n) is 2.49. The third-order valence-corrected chi connectivity index (χ3v) is 4.06. The van der Waals surface area contributed by atoms with Crippen LogP contribution in [0.1, 0.15) is 44.5 Å². The van der Waals surface area contributed by atoms with E-state index in [1.807, 2.05) is 29.1 Å². The van der Waals surface area contributed by atoms with E-state index in [0.717, 1.165) is 24.5 Å². The van der Waals surface area contributed by atoms with Crippen molar-refractivity contribution in [3.05, 3.63) is 41.9 Å². The van der Waals surface area contributed by atoms with Gasteiger partial charge in [0.15, 0.2) is 5.82 Å². The number of hydrogen-bond acceptors (Lipinski definition) is 4. The average Bonchev–Trinajstić information content (AvgIpc) is 2.87. The van der Waals surface area contributed by atoms with Gasteiger partial charge in [-0.1, -0.05) is 19.9 Å². The predicted molar refractivity (Wildman–Crippen MR) is 88.0 cm³/mol. The number of aliphatic hydroxyl groups excluding tert-OH is 1. The van der Waals surface area contributed by atoms with Crippen LogP contribution in [0.15, 0.2) is 30.6 Å². The van der Waals surface area contributed by atoms with Gasteiger partial charge >= 0.3 is 0 Å². The Morgan fingerprint density at radius 1 is 1.36 bits per heavy atom. The molecule has 0 fully saturated rings. The molecule has 0 saturated heterocycles. The summed E-state index contributed by atoms with van der Waals surface area (Å²) in [6.45, 7) is 9.60. The number of hydrogen-bond donors (Lipinski definition) is 2. The van der Waals surface area contributed by atoms with Gasteiger partial charge in [0.1, 0.15) is 0 Å². The molecule has 0 aliphatic rings. The fraction of sp³-hybridized carbons (Fsp3) is 0.529. The highest BCUT2D eigenvalue weighted by atomic mass is 16.3. The number of aliphatic hydroxyl groups is 1. The molecule has 22 heavy (non-hydrogen) atoms. The molecule has 0 saturated carbocycles. The molecule has 1 unspecified atom stereocenters. The van der Waals surface area contributed by atoms with Gasteiger partial charge < -0.3 is 10.4 Å². The van der Waals surface area contributed by atoms with Crippen LogP contribution in [-0.2, 0) is 0 Å². The van der Waals surface area contributed by atoms with E-state index < -0.39 is 0 Å². The van der Waals surface area contributed by atoms with Crippen molar-refractivity contribution in [1.82, 2.24) is 20.1 Å². The summed E-state index contributed by atoms with van der Waals surface area (Å²) in [5.41, 5.74) is 2.34. The van der Waals surface area contributed by atoms with Gasteiger partial charge in [0.2, 0.25) is 0 Å². The van der Waals surface area contributed by atoms with E-state index in [-0.39, 0.29) is 18.1 Å². The van der Waals surface area contributed by atoms with Crippen LogP contribution in [0, 0.1) is 12.3 Å². The molecule has 0 amide bonds. The average molecular weight is 302 g/mol. The molecule has 2 rings (SSSR count). The quantitative estimate of drug-likeness (QED) is 0.825. The molecule has 0 aliphatic carbocycles. The van der Waals surface area contributed by atoms with Crippen molar-refractivity contribution < 1.29 is 5.11 Å². The molecule has 120 valence electrons. The van der Waals surface area contributed by atoms with Crippen LogP contribution in [0.25, 0.3) is 5.82 Å². The van der Waals surface area contributed by atoms with Crippen molar-refractivity contribution in [1.29, 1.82) is 0 Å². The molecule has 2 aromatic rings. The van der Waals surface area contributed by atoms with Gasteiger partial charge in [0, 0.05) is 36.6 Å². The standard InChI is InChI=1S/C17H26N4O/c1-13(19-12-17(3,4)8-10-22)15-11-20-21(14(15)2)16-7-5-6-9-18-16/h5-7,9,11,13,19,22H,8,10,12H2,1-4H3. The summed E-state index contributed by atoms with van der Waals surface area (Å²) in [6.07, 6.45) is 4.47. The maximum atomic E-state index is 9.11. The molecule has 5 nitrogen and oxygen atoms in total. The zero-order valence-electron chi connectivity index (χ0n) is 13.9. The third kappa shape index (κ3) is 3.93. The Bertz CT molecular complexity index is 592. The van der Waals surface area contributed by atoms with Crippen LogP contribution in [0.3, 0.4) is 0 Å². The van der Waals surface area contributed by atoms with E-state index >= 15 is 0 Å². The van der Waals surface area contributed by atoms with Gasteiger partial charge in [-0.15, -0.1) is 0 Å². The van der Waals surface area contributed by atoms with Crippen molar-refractivity contribution in [2.75, 3.05) is 13.2 Å². The first kappa shape index (κ1) is 16.6. The Kier molecular flexibility index (Phi) is 5.32. The highest BCUT2D eigenvalue weighted by Crippen LogP contribution is 2.23. The summed E-state index contributed by atoms with van der Waals surface area (Å²) in [7, 11) is 0. The second kappa shape index (κ2) is 7.03. The van der Waals surface area contributed by atoms with Crippen LogP contribution < -0.4 is 5.32 Å². The summed E-state index contributed by atoms with van der Waals surface area (Å²) in [4.78, 5) is 4.34. The predicted octanol–water partition coefficient (Wildman–Crippen LogP) is 2.63. The second-order valence-corrected chi connectivity index (χ2v) is 6.53. The number of aromatic nitrogens is 3. The largest absolute Gasteiger partial charge is 0.396 e. The van der Waals surface area contributed by atoms with Crippen LogP contribution in [-0.4, -0.2) is 33.0 Å². The lowest BCUT2D eigenvalue weighted by Gasteiger charge is -2.26. The molecule has 1 atom stereocenters. The molecule has 5 heteroatoms. The second-order valence-electron chi connectivity index (χ2n) is 6.53. The topological polar surface area (TPSA) is 63.0 Å². The Labute approximate surface area is 132 Å². The highest BCUT2D eigenvalue weighted by Gasteiger charge is 2.20. The van der Waals surface area contributed by atoms with E-state index in [1.54, 1.807) is 6.20 Å². The molecular weight excluding hydrogens is 276 g/mol. The first-order valence-corrected chi connectivity index (χ1v) is 7.75. The molecular formula is C17H26N4O. The minimum absolute atomic E-state index is 0.0773. The Balaban J connectivity index is 2.09. The normalized spacial score (nSPS) is 13.3. The fourth-order valence-corrected chi connectivity index (χ4v) is 2.49. The SMILES string of the molecule is Cc1c(C(C)NCC(C)(C)CCO)cnn1-c1ccccn1. The maximum absolute atomic E-state index is 9.11. The lowest BCUT2D eigenvalue weighted by molar-refractivity contribution is 0.203. The van der Waals surface area contributed by atoms with Crippen molar-refractivity contribution in [2.24, 2.45) is 5.41 Å². The van der Waals surface area contributed by atoms with Crippen molar-refractivity contribution in [2.45, 2.75) is 40.2 Å². The molecule has 0 spiro atoms. The first-order chi connectivity index (χ1) is 10.4. The lowest BCUT2D eigenvalue weighted by atomic mass is 9.89. The summed E-state index contributed by atoms with van der Waals surface area (Å²) in [6, 6.07) is 6.01. The number of nitrogens with one attached hydrogen (secondary N) is 1. The summed E-state index contributed by atoms with van der Waals surface area (Å²) in [5.74, 6) is 0.832. The Hall–Kier alpha value is -1.72. The van der Waals surface area contributed by atoms with E-state index in [4.69, 9.17) is 5.11 Å². The number of rotatable bonds is 7. The zero-order valence-corrected chi connectivity index (χ0v) is 13.9. The summed E-state index contributed by atoms with van der Waals surface area (Å²) < 4.78 is 1.87. The van der Waals surface area contributed by atoms with Gasteiger partial charge in [-0.2, -0.15) is 5.10 Å². The van der Waals surface area contributed by atoms with Crippen LogP contribution >= 0.6 is 0 Å². The van der Waals surface area contributed by atoms with Gasteiger partial charge in [0.05, 0.1) is 6.20 Å². The minimum Gasteiger partial charge on any atom is -0.396 e. The van der Waals surface area contributed by atoms with Crippen LogP contribution in [0.5, 0.6) is 0 Å². The molecule has 0 bridgehead atoms. The number of pyridine rings is 1. The smallest absolute Gasteiger partial charge is 0.153 e. The van der Waals surface area contributed by atoms with Crippen molar-refractivity contribution in [3.63, 3.8) is 0 Å². The molecule has 0 radical (unpaired) electrons. The van der Waals surface area contributed by atoms with Gasteiger partial charge in [-0.05, 0) is 37.8 Å². The van der Waals surface area contributed by atoms with E-state index in [2.05, 4.69) is 43.1 Å². The first-order valence-electron chi connectivity index (χ1n) is 7.75. The molecule has 0 aromatic carbocycles. The van der Waals surface area contributed by atoms with Gasteiger partial charge in [-0.25, -0.2) is 9.67 Å². The number of nitrogens with zero attached hydrogens (tertiary/aromatic N) is 3.